The molecule has 0 aliphatic rings. The summed E-state index contributed by atoms with van der Waals surface area (Å²) in [6.45, 7) is 18.1. The van der Waals surface area contributed by atoms with Crippen molar-refractivity contribution in [2.45, 2.75) is 91.1 Å². The molecule has 0 spiro atoms. The molecule has 6 heteroatoms. The maximum atomic E-state index is 5.89. The zero-order chi connectivity index (χ0) is 18.6. The van der Waals surface area contributed by atoms with E-state index in [1.54, 1.807) is 0 Å². The highest BCUT2D eigenvalue weighted by Crippen LogP contribution is 2.10. The van der Waals surface area contributed by atoms with Crippen LogP contribution < -0.4 is 0 Å². The first-order valence-electron chi connectivity index (χ1n) is 10.1. The topological polar surface area (TPSA) is 36.9 Å². The predicted molar refractivity (Wildman–Crippen MR) is 110 cm³/mol. The summed E-state index contributed by atoms with van der Waals surface area (Å²) in [5.41, 5.74) is 0. The molecule has 148 valence electrons. The van der Waals surface area contributed by atoms with Crippen molar-refractivity contribution in [2.24, 2.45) is 0 Å². The van der Waals surface area contributed by atoms with Gasteiger partial charge in [-0.25, -0.2) is 0 Å². The van der Waals surface area contributed by atoms with E-state index >= 15 is 0 Å². The van der Waals surface area contributed by atoms with E-state index in [9.17, 15) is 0 Å². The van der Waals surface area contributed by atoms with E-state index < -0.39 is 19.0 Å². The Morgan fingerprint density at radius 3 is 1.04 bits per heavy atom. The number of hydrogen-bond donors (Lipinski definition) is 0. The van der Waals surface area contributed by atoms with Gasteiger partial charge in [-0.1, -0.05) is 53.6 Å². The van der Waals surface area contributed by atoms with Gasteiger partial charge < -0.3 is 18.9 Å². The van der Waals surface area contributed by atoms with Crippen LogP contribution in [0.5, 0.6) is 0 Å². The summed E-state index contributed by atoms with van der Waals surface area (Å²) in [4.78, 5) is 0. The monoisotopic (exact) mass is 380 g/mol. The fourth-order valence-corrected chi connectivity index (χ4v) is 7.05. The minimum atomic E-state index is -0.423. The molecule has 4 nitrogen and oxygen atoms in total. The van der Waals surface area contributed by atoms with Crippen LogP contribution in [0.25, 0.3) is 0 Å². The third-order valence-corrected chi connectivity index (χ3v) is 8.54. The summed E-state index contributed by atoms with van der Waals surface area (Å²) in [5.74, 6) is 0.140. The summed E-state index contributed by atoms with van der Waals surface area (Å²) < 4.78 is 23.6. The number of hydrogen-bond acceptors (Lipinski definition) is 4. The molecule has 0 bridgehead atoms. The molecule has 0 rings (SSSR count). The second-order valence-corrected chi connectivity index (χ2v) is 12.1. The van der Waals surface area contributed by atoms with E-state index in [-0.39, 0.29) is 11.8 Å². The Balaban J connectivity index is 0. The summed E-state index contributed by atoms with van der Waals surface area (Å²) in [6, 6.07) is 0. The van der Waals surface area contributed by atoms with Crippen LogP contribution in [0.4, 0.5) is 0 Å². The third-order valence-electron chi connectivity index (χ3n) is 3.22. The zero-order valence-corrected chi connectivity index (χ0v) is 20.3. The Hall–Kier alpha value is 0.274. The van der Waals surface area contributed by atoms with E-state index in [2.05, 4.69) is 34.6 Å². The van der Waals surface area contributed by atoms with E-state index in [1.807, 2.05) is 13.8 Å². The predicted octanol–water partition coefficient (Wildman–Crippen LogP) is 3.39. The Bertz CT molecular complexity index is 195. The SMILES string of the molecule is CC.CCCOC(OCCC)[SiH2]C(C)[SiH2]C(OCCC)OCCC. The van der Waals surface area contributed by atoms with Crippen molar-refractivity contribution in [3.63, 3.8) is 0 Å². The minimum absolute atomic E-state index is 0.0698. The number of rotatable bonds is 16. The molecule has 0 saturated carbocycles. The standard InChI is InChI=1S/C16H38O4Si2.C2H6/c1-6-10-17-15(18-11-7-2)21-14(5)22-16(19-12-8-3)20-13-9-4;1-2/h14-16H,6-13,21-22H2,1-5H3;1-2H3. The number of ether oxygens (including phenoxy) is 4. The van der Waals surface area contributed by atoms with Crippen molar-refractivity contribution >= 4 is 19.0 Å². The van der Waals surface area contributed by atoms with Crippen molar-refractivity contribution < 1.29 is 18.9 Å². The molecule has 0 saturated heterocycles. The Morgan fingerprint density at radius 2 is 0.833 bits per heavy atom. The van der Waals surface area contributed by atoms with Crippen LogP contribution in [0.15, 0.2) is 0 Å². The Kier molecular flexibility index (Phi) is 23.5. The van der Waals surface area contributed by atoms with E-state index in [0.29, 0.717) is 0 Å². The van der Waals surface area contributed by atoms with Crippen LogP contribution in [-0.2, 0) is 18.9 Å². The molecule has 0 atom stereocenters. The molecular formula is C18H44O4Si2. The lowest BCUT2D eigenvalue weighted by molar-refractivity contribution is -0.0931. The molecule has 0 aliphatic carbocycles. The molecule has 0 aromatic carbocycles. The van der Waals surface area contributed by atoms with E-state index in [4.69, 9.17) is 18.9 Å². The van der Waals surface area contributed by atoms with E-state index in [1.165, 1.54) is 0 Å². The second-order valence-electron chi connectivity index (χ2n) is 5.92. The highest BCUT2D eigenvalue weighted by molar-refractivity contribution is 6.59. The van der Waals surface area contributed by atoms with Gasteiger partial charge in [-0.3, -0.25) is 0 Å². The molecule has 0 aliphatic heterocycles. The molecule has 0 heterocycles. The lowest BCUT2D eigenvalue weighted by Gasteiger charge is -2.24. The van der Waals surface area contributed by atoms with Gasteiger partial charge in [0.05, 0.1) is 19.0 Å². The average Bonchev–Trinajstić information content (AvgIpc) is 2.61. The normalized spacial score (nSPS) is 13.4. The molecule has 0 aromatic heterocycles. The van der Waals surface area contributed by atoms with Crippen LogP contribution >= 0.6 is 0 Å². The fraction of sp³-hybridized carbons (Fsp3) is 1.00. The summed E-state index contributed by atoms with van der Waals surface area (Å²) in [5, 5.41) is 0.720. The van der Waals surface area contributed by atoms with Crippen LogP contribution in [0.1, 0.15) is 74.1 Å². The van der Waals surface area contributed by atoms with Gasteiger partial charge in [0.1, 0.15) is 11.8 Å². The largest absolute Gasteiger partial charge is 0.357 e. The molecule has 0 N–H and O–H groups in total. The second kappa shape index (κ2) is 21.3. The van der Waals surface area contributed by atoms with Gasteiger partial charge in [0.2, 0.25) is 0 Å². The third kappa shape index (κ3) is 17.1. The van der Waals surface area contributed by atoms with Gasteiger partial charge in [-0.05, 0) is 25.7 Å². The van der Waals surface area contributed by atoms with Crippen molar-refractivity contribution in [1.29, 1.82) is 0 Å². The Morgan fingerprint density at radius 1 is 0.583 bits per heavy atom. The van der Waals surface area contributed by atoms with Gasteiger partial charge in [-0.2, -0.15) is 0 Å². The lowest BCUT2D eigenvalue weighted by Crippen LogP contribution is -2.35. The molecule has 24 heavy (non-hydrogen) atoms. The summed E-state index contributed by atoms with van der Waals surface area (Å²) in [7, 11) is -0.846. The van der Waals surface area contributed by atoms with Crippen molar-refractivity contribution in [2.75, 3.05) is 26.4 Å². The first-order chi connectivity index (χ1) is 11.7. The maximum Gasteiger partial charge on any atom is 0.134 e. The van der Waals surface area contributed by atoms with Crippen LogP contribution in [0.2, 0.25) is 5.16 Å². The average molecular weight is 381 g/mol. The van der Waals surface area contributed by atoms with Gasteiger partial charge in [0.25, 0.3) is 0 Å². The smallest absolute Gasteiger partial charge is 0.134 e. The lowest BCUT2D eigenvalue weighted by atomic mass is 10.5. The Labute approximate surface area is 156 Å². The highest BCUT2D eigenvalue weighted by Gasteiger charge is 2.20. The molecule has 0 radical (unpaired) electrons. The van der Waals surface area contributed by atoms with Gasteiger partial charge in [-0.15, -0.1) is 0 Å². The van der Waals surface area contributed by atoms with Crippen LogP contribution in [0.3, 0.4) is 0 Å². The van der Waals surface area contributed by atoms with E-state index in [0.717, 1.165) is 57.3 Å². The highest BCUT2D eigenvalue weighted by atomic mass is 28.3. The van der Waals surface area contributed by atoms with Crippen molar-refractivity contribution in [3.8, 4) is 0 Å². The maximum absolute atomic E-state index is 5.89. The molecule has 0 amide bonds. The van der Waals surface area contributed by atoms with Gasteiger partial charge in [0.15, 0.2) is 0 Å². The molecular weight excluding hydrogens is 336 g/mol. The summed E-state index contributed by atoms with van der Waals surface area (Å²) >= 11 is 0. The molecule has 0 unspecified atom stereocenters. The first-order valence-corrected chi connectivity index (χ1v) is 13.4. The molecule has 0 fully saturated rings. The van der Waals surface area contributed by atoms with Crippen LogP contribution in [0, 0.1) is 0 Å². The van der Waals surface area contributed by atoms with Crippen molar-refractivity contribution in [1.82, 2.24) is 0 Å². The fourth-order valence-electron chi connectivity index (χ4n) is 2.12. The van der Waals surface area contributed by atoms with Gasteiger partial charge in [0, 0.05) is 26.4 Å². The van der Waals surface area contributed by atoms with Crippen molar-refractivity contribution in [3.05, 3.63) is 0 Å². The van der Waals surface area contributed by atoms with Crippen LogP contribution in [-0.4, -0.2) is 57.3 Å². The molecule has 0 aromatic rings. The zero-order valence-electron chi connectivity index (χ0n) is 17.4. The van der Waals surface area contributed by atoms with Gasteiger partial charge >= 0.3 is 0 Å². The summed E-state index contributed by atoms with van der Waals surface area (Å²) in [6.07, 6.45) is 4.20. The minimum Gasteiger partial charge on any atom is -0.357 e. The first kappa shape index (κ1) is 26.5. The quantitative estimate of drug-likeness (QED) is 0.304.